The van der Waals surface area contributed by atoms with Crippen molar-refractivity contribution < 1.29 is 18.7 Å². The van der Waals surface area contributed by atoms with Gasteiger partial charge in [0.05, 0.1) is 18.4 Å². The van der Waals surface area contributed by atoms with Crippen molar-refractivity contribution in [3.8, 4) is 11.6 Å². The number of aryl methyl sites for hydroxylation is 1. The van der Waals surface area contributed by atoms with E-state index in [0.29, 0.717) is 36.8 Å². The van der Waals surface area contributed by atoms with E-state index in [1.54, 1.807) is 23.2 Å². The van der Waals surface area contributed by atoms with E-state index in [9.17, 15) is 14.0 Å². The topological polar surface area (TPSA) is 91.5 Å². The Kier molecular flexibility index (Phi) is 6.18. The van der Waals surface area contributed by atoms with Gasteiger partial charge >= 0.3 is 6.09 Å². The second-order valence-electron chi connectivity index (χ2n) is 10.0. The predicted molar refractivity (Wildman–Crippen MR) is 135 cm³/mol. The number of carbonyl (C=O) groups is 1. The number of amides is 1. The van der Waals surface area contributed by atoms with E-state index in [-0.39, 0.29) is 18.3 Å². The minimum absolute atomic E-state index is 0.114. The van der Waals surface area contributed by atoms with Gasteiger partial charge < -0.3 is 18.9 Å². The van der Waals surface area contributed by atoms with Crippen molar-refractivity contribution in [2.45, 2.75) is 45.9 Å². The molecule has 0 bridgehead atoms. The number of carbonyl (C=O) groups excluding carboxylic acids is 1. The summed E-state index contributed by atoms with van der Waals surface area (Å²) in [5.74, 6) is 0.437. The SMILES string of the molecule is Cn1c2c(c3ccc(-n4ccc(OCc5ccc(F)cn5)cc4=O)nc31)CN(C(=O)OC(C)(C)C)CC2. The molecule has 5 rings (SSSR count). The highest BCUT2D eigenvalue weighted by atomic mass is 19.1. The molecule has 0 aromatic carbocycles. The standard InChI is InChI=1S/C27H28FN5O4/c1-27(2,3)37-26(35)32-11-10-22-21(15-32)20-7-8-23(30-25(20)31(22)4)33-12-9-19(13-24(33)34)36-16-18-6-5-17(28)14-29-18/h5-9,12-14H,10-11,15-16H2,1-4H3. The maximum absolute atomic E-state index is 13.0. The Morgan fingerprint density at radius 2 is 1.97 bits per heavy atom. The maximum Gasteiger partial charge on any atom is 0.410 e. The van der Waals surface area contributed by atoms with Crippen molar-refractivity contribution in [3.63, 3.8) is 0 Å². The Labute approximate surface area is 213 Å². The molecule has 0 N–H and O–H groups in total. The number of pyridine rings is 3. The molecule has 0 aliphatic carbocycles. The van der Waals surface area contributed by atoms with Crippen LogP contribution in [0.25, 0.3) is 16.9 Å². The molecular formula is C27H28FN5O4. The number of fused-ring (bicyclic) bond motifs is 3. The number of nitrogens with zero attached hydrogens (tertiary/aromatic N) is 5. The van der Waals surface area contributed by atoms with Crippen molar-refractivity contribution >= 4 is 17.1 Å². The van der Waals surface area contributed by atoms with Crippen molar-refractivity contribution in [1.82, 2.24) is 24.0 Å². The van der Waals surface area contributed by atoms with Crippen molar-refractivity contribution in [2.75, 3.05) is 6.54 Å². The molecule has 37 heavy (non-hydrogen) atoms. The molecule has 192 valence electrons. The molecule has 9 nitrogen and oxygen atoms in total. The first-order valence-corrected chi connectivity index (χ1v) is 12.0. The fourth-order valence-corrected chi connectivity index (χ4v) is 4.43. The summed E-state index contributed by atoms with van der Waals surface area (Å²) in [6.07, 6.45) is 3.08. The first kappa shape index (κ1) is 24.5. The predicted octanol–water partition coefficient (Wildman–Crippen LogP) is 4.13. The zero-order valence-electron chi connectivity index (χ0n) is 21.2. The lowest BCUT2D eigenvalue weighted by atomic mass is 10.1. The van der Waals surface area contributed by atoms with Crippen LogP contribution in [0.5, 0.6) is 5.75 Å². The molecule has 5 heterocycles. The molecule has 0 fully saturated rings. The zero-order valence-corrected chi connectivity index (χ0v) is 21.2. The summed E-state index contributed by atoms with van der Waals surface area (Å²) >= 11 is 0. The number of hydrogen-bond donors (Lipinski definition) is 0. The number of rotatable bonds is 4. The monoisotopic (exact) mass is 505 g/mol. The molecule has 1 amide bonds. The summed E-state index contributed by atoms with van der Waals surface area (Å²) in [5, 5.41) is 0.939. The van der Waals surface area contributed by atoms with E-state index in [0.717, 1.165) is 28.5 Å². The molecule has 10 heteroatoms. The number of ether oxygens (including phenoxy) is 2. The third-order valence-corrected chi connectivity index (χ3v) is 6.19. The lowest BCUT2D eigenvalue weighted by Crippen LogP contribution is -2.40. The van der Waals surface area contributed by atoms with Crippen LogP contribution in [0, 0.1) is 5.82 Å². The first-order valence-electron chi connectivity index (χ1n) is 12.0. The summed E-state index contributed by atoms with van der Waals surface area (Å²) < 4.78 is 27.7. The minimum Gasteiger partial charge on any atom is -0.487 e. The number of hydrogen-bond acceptors (Lipinski definition) is 6. The third kappa shape index (κ3) is 5.04. The van der Waals surface area contributed by atoms with E-state index < -0.39 is 11.4 Å². The summed E-state index contributed by atoms with van der Waals surface area (Å²) in [4.78, 5) is 35.9. The van der Waals surface area contributed by atoms with Crippen LogP contribution in [0.3, 0.4) is 0 Å². The lowest BCUT2D eigenvalue weighted by Gasteiger charge is -2.30. The summed E-state index contributed by atoms with van der Waals surface area (Å²) in [7, 11) is 1.95. The first-order chi connectivity index (χ1) is 17.6. The minimum atomic E-state index is -0.557. The Morgan fingerprint density at radius 3 is 2.68 bits per heavy atom. The van der Waals surface area contributed by atoms with E-state index in [1.807, 2.05) is 38.5 Å². The second-order valence-corrected chi connectivity index (χ2v) is 10.0. The molecule has 0 saturated heterocycles. The molecule has 1 aliphatic rings. The lowest BCUT2D eigenvalue weighted by molar-refractivity contribution is 0.0223. The van der Waals surface area contributed by atoms with Crippen LogP contribution >= 0.6 is 0 Å². The van der Waals surface area contributed by atoms with Gasteiger partial charge in [0.25, 0.3) is 5.56 Å². The average molecular weight is 506 g/mol. The highest BCUT2D eigenvalue weighted by Crippen LogP contribution is 2.30. The van der Waals surface area contributed by atoms with Gasteiger partial charge in [-0.2, -0.15) is 0 Å². The van der Waals surface area contributed by atoms with Crippen LogP contribution in [0.1, 0.15) is 37.7 Å². The zero-order chi connectivity index (χ0) is 26.3. The van der Waals surface area contributed by atoms with Crippen molar-refractivity contribution in [1.29, 1.82) is 0 Å². The Hall–Kier alpha value is -4.21. The van der Waals surface area contributed by atoms with Gasteiger partial charge in [-0.3, -0.25) is 14.3 Å². The molecule has 0 spiro atoms. The van der Waals surface area contributed by atoms with Gasteiger partial charge in [0, 0.05) is 48.9 Å². The van der Waals surface area contributed by atoms with Gasteiger partial charge in [0.2, 0.25) is 0 Å². The Morgan fingerprint density at radius 1 is 1.16 bits per heavy atom. The molecule has 0 radical (unpaired) electrons. The van der Waals surface area contributed by atoms with Gasteiger partial charge in [-0.1, -0.05) is 0 Å². The Bertz CT molecular complexity index is 1540. The van der Waals surface area contributed by atoms with Gasteiger partial charge in [0.1, 0.15) is 35.2 Å². The molecular weight excluding hydrogens is 477 g/mol. The van der Waals surface area contributed by atoms with E-state index in [4.69, 9.17) is 14.5 Å². The maximum atomic E-state index is 13.0. The fourth-order valence-electron chi connectivity index (χ4n) is 4.43. The van der Waals surface area contributed by atoms with E-state index in [2.05, 4.69) is 4.98 Å². The van der Waals surface area contributed by atoms with Crippen LogP contribution < -0.4 is 10.3 Å². The van der Waals surface area contributed by atoms with Crippen LogP contribution in [0.2, 0.25) is 0 Å². The molecule has 0 saturated carbocycles. The molecule has 4 aromatic rings. The van der Waals surface area contributed by atoms with Gasteiger partial charge in [-0.05, 0) is 51.1 Å². The molecule has 0 atom stereocenters. The van der Waals surface area contributed by atoms with Crippen LogP contribution in [-0.4, -0.2) is 42.2 Å². The molecule has 1 aliphatic heterocycles. The van der Waals surface area contributed by atoms with Crippen molar-refractivity contribution in [3.05, 3.63) is 81.9 Å². The normalized spacial score (nSPS) is 13.5. The van der Waals surface area contributed by atoms with E-state index in [1.165, 1.54) is 22.8 Å². The number of halogens is 1. The van der Waals surface area contributed by atoms with Gasteiger partial charge in [0.15, 0.2) is 0 Å². The summed E-state index contributed by atoms with van der Waals surface area (Å²) in [5.41, 5.74) is 2.59. The smallest absolute Gasteiger partial charge is 0.410 e. The summed E-state index contributed by atoms with van der Waals surface area (Å²) in [6.45, 7) is 6.68. The largest absolute Gasteiger partial charge is 0.487 e. The van der Waals surface area contributed by atoms with E-state index >= 15 is 0 Å². The van der Waals surface area contributed by atoms with Gasteiger partial charge in [-0.25, -0.2) is 14.2 Å². The number of aromatic nitrogens is 4. The third-order valence-electron chi connectivity index (χ3n) is 6.19. The van der Waals surface area contributed by atoms with Gasteiger partial charge in [-0.15, -0.1) is 0 Å². The highest BCUT2D eigenvalue weighted by molar-refractivity contribution is 5.84. The highest BCUT2D eigenvalue weighted by Gasteiger charge is 2.29. The molecule has 0 unspecified atom stereocenters. The van der Waals surface area contributed by atoms with Crippen LogP contribution in [0.15, 0.2) is 53.6 Å². The quantitative estimate of drug-likeness (QED) is 0.414. The average Bonchev–Trinajstić information content (AvgIpc) is 3.13. The van der Waals surface area contributed by atoms with Crippen LogP contribution in [-0.2, 0) is 31.4 Å². The molecule has 4 aromatic heterocycles. The second kappa shape index (κ2) is 9.34. The summed E-state index contributed by atoms with van der Waals surface area (Å²) in [6, 6.07) is 9.62. The fraction of sp³-hybridized carbons (Fsp3) is 0.333. The Balaban J connectivity index is 1.38. The van der Waals surface area contributed by atoms with Crippen LogP contribution in [0.4, 0.5) is 9.18 Å². The van der Waals surface area contributed by atoms with Crippen molar-refractivity contribution in [2.24, 2.45) is 7.05 Å².